The molecule has 2 atom stereocenters. The zero-order valence-corrected chi connectivity index (χ0v) is 18.1. The number of hydrogen-bond acceptors (Lipinski definition) is 5. The van der Waals surface area contributed by atoms with Gasteiger partial charge >= 0.3 is 0 Å². The Morgan fingerprint density at radius 2 is 1.90 bits per heavy atom. The molecule has 0 N–H and O–H groups in total. The normalized spacial score (nSPS) is 27.5. The molecule has 2 aliphatic carbocycles. The van der Waals surface area contributed by atoms with Crippen molar-refractivity contribution in [2.75, 3.05) is 46.4 Å². The molecule has 0 aromatic heterocycles. The molecule has 5 nitrogen and oxygen atoms in total. The van der Waals surface area contributed by atoms with Gasteiger partial charge in [-0.25, -0.2) is 0 Å². The topological polar surface area (TPSA) is 42.0 Å². The molecule has 4 aliphatic rings. The molecular weight excluding hydrogens is 376 g/mol. The smallest absolute Gasteiger partial charge is 0.193 e. The van der Waals surface area contributed by atoms with Crippen LogP contribution in [0, 0.1) is 5.92 Å². The van der Waals surface area contributed by atoms with Crippen LogP contribution >= 0.6 is 0 Å². The standard InChI is InChI=1S/C25H30N2O3/c1-25(2)20-16-17(29-15-14-27-12-10-26(3)11-13-27)8-9-18(20)23(28)22-19-6-4-5-7-21(19)30-24(22)25/h4-9,16,19,21H,10-15H2,1-3H3. The van der Waals surface area contributed by atoms with Crippen LogP contribution < -0.4 is 4.74 Å². The number of ether oxygens (including phenoxy) is 2. The minimum absolute atomic E-state index is 0.0180. The Hall–Kier alpha value is -2.37. The summed E-state index contributed by atoms with van der Waals surface area (Å²) in [5.41, 5.74) is 2.23. The van der Waals surface area contributed by atoms with E-state index < -0.39 is 0 Å². The highest BCUT2D eigenvalue weighted by Crippen LogP contribution is 2.50. The van der Waals surface area contributed by atoms with Gasteiger partial charge in [0.25, 0.3) is 0 Å². The molecule has 1 fully saturated rings. The maximum Gasteiger partial charge on any atom is 0.193 e. The van der Waals surface area contributed by atoms with Gasteiger partial charge in [0.15, 0.2) is 5.78 Å². The molecule has 1 aromatic rings. The minimum atomic E-state index is -0.367. The summed E-state index contributed by atoms with van der Waals surface area (Å²) in [4.78, 5) is 18.2. The number of fused-ring (bicyclic) bond motifs is 3. The van der Waals surface area contributed by atoms with E-state index in [0.717, 1.165) is 60.9 Å². The van der Waals surface area contributed by atoms with Crippen LogP contribution in [0.4, 0.5) is 0 Å². The Bertz CT molecular complexity index is 951. The highest BCUT2D eigenvalue weighted by Gasteiger charge is 2.49. The van der Waals surface area contributed by atoms with E-state index in [1.807, 2.05) is 36.4 Å². The van der Waals surface area contributed by atoms with Crippen LogP contribution in [0.2, 0.25) is 0 Å². The fourth-order valence-corrected chi connectivity index (χ4v) is 5.01. The van der Waals surface area contributed by atoms with Crippen LogP contribution in [0.3, 0.4) is 0 Å². The van der Waals surface area contributed by atoms with Crippen LogP contribution in [0.25, 0.3) is 0 Å². The number of nitrogens with zero attached hydrogens (tertiary/aromatic N) is 2. The zero-order valence-electron chi connectivity index (χ0n) is 18.1. The maximum atomic E-state index is 13.4. The molecule has 30 heavy (non-hydrogen) atoms. The highest BCUT2D eigenvalue weighted by molar-refractivity contribution is 6.13. The first-order chi connectivity index (χ1) is 14.4. The Kier molecular flexibility index (Phi) is 4.83. The monoisotopic (exact) mass is 406 g/mol. The second-order valence-electron chi connectivity index (χ2n) is 9.28. The molecule has 0 radical (unpaired) electrons. The van der Waals surface area contributed by atoms with Gasteiger partial charge in [-0.3, -0.25) is 9.69 Å². The van der Waals surface area contributed by atoms with Crippen molar-refractivity contribution in [1.82, 2.24) is 9.80 Å². The number of ketones is 1. The molecule has 158 valence electrons. The number of carbonyl (C=O) groups excluding carboxylic acids is 1. The van der Waals surface area contributed by atoms with Crippen molar-refractivity contribution in [2.24, 2.45) is 5.92 Å². The summed E-state index contributed by atoms with van der Waals surface area (Å²) in [7, 11) is 2.17. The predicted molar refractivity (Wildman–Crippen MR) is 117 cm³/mol. The fourth-order valence-electron chi connectivity index (χ4n) is 5.01. The summed E-state index contributed by atoms with van der Waals surface area (Å²) in [6.07, 6.45) is 8.06. The molecule has 1 saturated heterocycles. The van der Waals surface area contributed by atoms with Crippen molar-refractivity contribution in [3.63, 3.8) is 0 Å². The first kappa shape index (κ1) is 19.6. The number of rotatable bonds is 4. The third-order valence-corrected chi connectivity index (χ3v) is 6.91. The number of hydrogen-bond donors (Lipinski definition) is 0. The second kappa shape index (κ2) is 7.40. The van der Waals surface area contributed by atoms with Crippen molar-refractivity contribution in [1.29, 1.82) is 0 Å². The van der Waals surface area contributed by atoms with Crippen molar-refractivity contribution in [2.45, 2.75) is 25.4 Å². The molecule has 2 unspecified atom stereocenters. The third-order valence-electron chi connectivity index (χ3n) is 6.91. The fraction of sp³-hybridized carbons (Fsp3) is 0.480. The number of Topliss-reactive ketones (excluding diaryl/α,β-unsaturated/α-hetero) is 1. The summed E-state index contributed by atoms with van der Waals surface area (Å²) in [6.45, 7) is 10.3. The number of piperazine rings is 1. The lowest BCUT2D eigenvalue weighted by Crippen LogP contribution is -2.45. The minimum Gasteiger partial charge on any atom is -0.492 e. The molecule has 5 rings (SSSR count). The van der Waals surface area contributed by atoms with E-state index >= 15 is 0 Å². The Labute approximate surface area is 178 Å². The van der Waals surface area contributed by atoms with Crippen molar-refractivity contribution < 1.29 is 14.3 Å². The zero-order chi connectivity index (χ0) is 20.9. The van der Waals surface area contributed by atoms with E-state index in [1.54, 1.807) is 0 Å². The van der Waals surface area contributed by atoms with Crippen LogP contribution in [-0.2, 0) is 10.2 Å². The van der Waals surface area contributed by atoms with Crippen molar-refractivity contribution >= 4 is 5.78 Å². The maximum absolute atomic E-state index is 13.4. The first-order valence-electron chi connectivity index (χ1n) is 10.9. The Morgan fingerprint density at radius 1 is 1.13 bits per heavy atom. The molecule has 0 bridgehead atoms. The molecular formula is C25H30N2O3. The molecule has 5 heteroatoms. The summed E-state index contributed by atoms with van der Waals surface area (Å²) in [5.74, 6) is 1.75. The number of carbonyl (C=O) groups is 1. The highest BCUT2D eigenvalue weighted by atomic mass is 16.5. The van der Waals surface area contributed by atoms with Gasteiger partial charge in [-0.15, -0.1) is 0 Å². The van der Waals surface area contributed by atoms with Crippen molar-refractivity contribution in [3.05, 3.63) is 65.0 Å². The summed E-state index contributed by atoms with van der Waals surface area (Å²) in [6, 6.07) is 5.91. The van der Waals surface area contributed by atoms with E-state index in [9.17, 15) is 4.79 Å². The van der Waals surface area contributed by atoms with Crippen LogP contribution in [-0.4, -0.2) is 68.1 Å². The van der Waals surface area contributed by atoms with Crippen LogP contribution in [0.15, 0.2) is 53.8 Å². The average molecular weight is 407 g/mol. The average Bonchev–Trinajstić information content (AvgIpc) is 3.15. The lowest BCUT2D eigenvalue weighted by atomic mass is 9.70. The molecule has 1 aromatic carbocycles. The Morgan fingerprint density at radius 3 is 2.70 bits per heavy atom. The first-order valence-corrected chi connectivity index (χ1v) is 10.9. The van der Waals surface area contributed by atoms with Gasteiger partial charge in [-0.05, 0) is 50.7 Å². The van der Waals surface area contributed by atoms with Gasteiger partial charge < -0.3 is 14.4 Å². The van der Waals surface area contributed by atoms with E-state index in [2.05, 4.69) is 36.8 Å². The largest absolute Gasteiger partial charge is 0.492 e. The van der Waals surface area contributed by atoms with Gasteiger partial charge in [-0.2, -0.15) is 0 Å². The van der Waals surface area contributed by atoms with E-state index in [4.69, 9.17) is 9.47 Å². The summed E-state index contributed by atoms with van der Waals surface area (Å²) < 4.78 is 12.4. The van der Waals surface area contributed by atoms with Gasteiger partial charge in [0.2, 0.25) is 0 Å². The van der Waals surface area contributed by atoms with Gasteiger partial charge in [0, 0.05) is 49.3 Å². The number of benzene rings is 1. The summed E-state index contributed by atoms with van der Waals surface area (Å²) >= 11 is 0. The molecule has 2 heterocycles. The number of likely N-dealkylation sites (N-methyl/N-ethyl adjacent to an activating group) is 1. The lowest BCUT2D eigenvalue weighted by Gasteiger charge is -2.33. The van der Waals surface area contributed by atoms with Gasteiger partial charge in [0.1, 0.15) is 24.2 Å². The molecule has 0 spiro atoms. The van der Waals surface area contributed by atoms with Gasteiger partial charge in [-0.1, -0.05) is 18.2 Å². The Balaban J connectivity index is 1.34. The quantitative estimate of drug-likeness (QED) is 0.768. The lowest BCUT2D eigenvalue weighted by molar-refractivity contribution is 0.101. The van der Waals surface area contributed by atoms with Gasteiger partial charge in [0.05, 0.1) is 5.92 Å². The van der Waals surface area contributed by atoms with E-state index in [0.29, 0.717) is 6.61 Å². The molecule has 2 aliphatic heterocycles. The SMILES string of the molecule is CN1CCN(CCOc2ccc3c(c2)C(C)(C)C2=C(C3=O)C3C=CC=CC3O2)CC1. The predicted octanol–water partition coefficient (Wildman–Crippen LogP) is 3.18. The third kappa shape index (κ3) is 3.21. The van der Waals surface area contributed by atoms with E-state index in [-0.39, 0.29) is 23.2 Å². The molecule has 0 amide bonds. The molecule has 0 saturated carbocycles. The summed E-state index contributed by atoms with van der Waals surface area (Å²) in [5, 5.41) is 0. The number of allylic oxidation sites excluding steroid dienone is 3. The van der Waals surface area contributed by atoms with Crippen LogP contribution in [0.1, 0.15) is 29.8 Å². The van der Waals surface area contributed by atoms with Crippen LogP contribution in [0.5, 0.6) is 5.75 Å². The second-order valence-corrected chi connectivity index (χ2v) is 9.28. The van der Waals surface area contributed by atoms with Crippen molar-refractivity contribution in [3.8, 4) is 5.75 Å². The van der Waals surface area contributed by atoms with E-state index in [1.165, 1.54) is 0 Å².